The van der Waals surface area contributed by atoms with E-state index < -0.39 is 17.7 Å². The van der Waals surface area contributed by atoms with Crippen LogP contribution in [0.25, 0.3) is 5.76 Å². The molecule has 1 heterocycles. The van der Waals surface area contributed by atoms with Gasteiger partial charge in [0.15, 0.2) is 11.5 Å². The third-order valence-electron chi connectivity index (χ3n) is 6.50. The molecule has 1 unspecified atom stereocenters. The molecule has 39 heavy (non-hydrogen) atoms. The van der Waals surface area contributed by atoms with Crippen molar-refractivity contribution in [3.63, 3.8) is 0 Å². The Hall–Kier alpha value is -3.97. The summed E-state index contributed by atoms with van der Waals surface area (Å²) in [6.45, 7) is 10.4. The van der Waals surface area contributed by atoms with Gasteiger partial charge in [-0.15, -0.1) is 0 Å². The summed E-state index contributed by atoms with van der Waals surface area (Å²) in [5.74, 6) is -0.821. The predicted molar refractivity (Wildman–Crippen MR) is 152 cm³/mol. The highest BCUT2D eigenvalue weighted by Gasteiger charge is 2.47. The van der Waals surface area contributed by atoms with E-state index in [2.05, 4.69) is 13.8 Å². The van der Waals surface area contributed by atoms with Crippen LogP contribution in [-0.4, -0.2) is 35.1 Å². The zero-order valence-electron chi connectivity index (χ0n) is 22.6. The van der Waals surface area contributed by atoms with Crippen LogP contribution < -0.4 is 14.4 Å². The molecule has 2 N–H and O–H groups in total. The maximum Gasteiger partial charge on any atom is 0.300 e. The number of carbonyl (C=O) groups excluding carboxylic acids is 2. The molecule has 1 aliphatic rings. The molecule has 0 spiro atoms. The van der Waals surface area contributed by atoms with Gasteiger partial charge in [-0.05, 0) is 85.8 Å². The van der Waals surface area contributed by atoms with Crippen molar-refractivity contribution in [2.75, 3.05) is 18.1 Å². The molecule has 7 nitrogen and oxygen atoms in total. The monoisotopic (exact) mass is 549 g/mol. The summed E-state index contributed by atoms with van der Waals surface area (Å²) < 4.78 is 11.4. The molecule has 1 atom stereocenters. The number of benzene rings is 3. The van der Waals surface area contributed by atoms with Crippen molar-refractivity contribution in [3.8, 4) is 17.2 Å². The lowest BCUT2D eigenvalue weighted by Gasteiger charge is -2.26. The van der Waals surface area contributed by atoms with E-state index in [-0.39, 0.29) is 22.8 Å². The van der Waals surface area contributed by atoms with Gasteiger partial charge in [-0.2, -0.15) is 0 Å². The zero-order valence-corrected chi connectivity index (χ0v) is 23.4. The van der Waals surface area contributed by atoms with Crippen LogP contribution in [-0.2, 0) is 9.59 Å². The minimum absolute atomic E-state index is 0.0801. The van der Waals surface area contributed by atoms with Crippen LogP contribution in [0.3, 0.4) is 0 Å². The number of hydrogen-bond donors (Lipinski definition) is 2. The highest BCUT2D eigenvalue weighted by Crippen LogP contribution is 2.44. The zero-order chi connectivity index (χ0) is 28.4. The molecule has 0 aliphatic carbocycles. The van der Waals surface area contributed by atoms with Gasteiger partial charge in [-0.25, -0.2) is 0 Å². The summed E-state index contributed by atoms with van der Waals surface area (Å²) in [7, 11) is 0. The van der Waals surface area contributed by atoms with Crippen molar-refractivity contribution >= 4 is 34.7 Å². The number of aliphatic hydroxyl groups is 1. The Labute approximate surface area is 233 Å². The Morgan fingerprint density at radius 3 is 2.36 bits per heavy atom. The molecular formula is C31H32ClNO6. The summed E-state index contributed by atoms with van der Waals surface area (Å²) in [6, 6.07) is 13.8. The van der Waals surface area contributed by atoms with Gasteiger partial charge >= 0.3 is 0 Å². The van der Waals surface area contributed by atoms with Gasteiger partial charge in [-0.3, -0.25) is 14.5 Å². The molecule has 1 amide bonds. The van der Waals surface area contributed by atoms with Crippen molar-refractivity contribution in [1.29, 1.82) is 0 Å². The fourth-order valence-electron chi connectivity index (χ4n) is 4.49. The molecule has 3 aromatic carbocycles. The van der Waals surface area contributed by atoms with Gasteiger partial charge < -0.3 is 19.7 Å². The summed E-state index contributed by atoms with van der Waals surface area (Å²) in [4.78, 5) is 28.3. The van der Waals surface area contributed by atoms with Crippen LogP contribution in [0.2, 0.25) is 5.02 Å². The first-order valence-electron chi connectivity index (χ1n) is 12.8. The number of carbonyl (C=O) groups is 2. The number of ether oxygens (including phenoxy) is 2. The number of Topliss-reactive ketones (excluding diaryl/α,β-unsaturated/α-hetero) is 1. The number of ketones is 1. The Morgan fingerprint density at radius 1 is 0.974 bits per heavy atom. The van der Waals surface area contributed by atoms with E-state index in [9.17, 15) is 19.8 Å². The van der Waals surface area contributed by atoms with Crippen molar-refractivity contribution < 1.29 is 29.3 Å². The number of nitrogens with zero attached hydrogens (tertiary/aromatic N) is 1. The van der Waals surface area contributed by atoms with Crippen molar-refractivity contribution in [3.05, 3.63) is 87.4 Å². The lowest BCUT2D eigenvalue weighted by molar-refractivity contribution is -0.132. The predicted octanol–water partition coefficient (Wildman–Crippen LogP) is 6.72. The molecule has 0 saturated carbocycles. The third-order valence-corrected chi connectivity index (χ3v) is 6.91. The molecule has 8 heteroatoms. The van der Waals surface area contributed by atoms with Crippen LogP contribution in [0.1, 0.15) is 49.1 Å². The topological polar surface area (TPSA) is 96.3 Å². The smallest absolute Gasteiger partial charge is 0.300 e. The number of phenolic OH excluding ortho intramolecular Hbond substituents is 1. The third kappa shape index (κ3) is 5.59. The number of aromatic hydroxyl groups is 1. The summed E-state index contributed by atoms with van der Waals surface area (Å²) in [5.41, 5.74) is 2.75. The minimum atomic E-state index is -0.999. The molecule has 0 aromatic heterocycles. The minimum Gasteiger partial charge on any atom is -0.507 e. The average Bonchev–Trinajstić information content (AvgIpc) is 3.16. The van der Waals surface area contributed by atoms with E-state index >= 15 is 0 Å². The maximum atomic E-state index is 13.5. The standard InChI is InChI=1S/C31H32ClNO6/c1-6-38-26-14-20(8-11-24(26)34)28-27(29(35)21-9-12-25(19(5)13-21)39-16-17(2)3)30(36)31(37)33(28)22-10-7-18(4)23(32)15-22/h7-15,17,28,34-35H,6,16H2,1-5H3/b29-27+. The molecular weight excluding hydrogens is 518 g/mol. The van der Waals surface area contributed by atoms with Crippen LogP contribution >= 0.6 is 11.6 Å². The highest BCUT2D eigenvalue weighted by molar-refractivity contribution is 6.51. The first-order valence-corrected chi connectivity index (χ1v) is 13.2. The number of anilines is 1. The first-order chi connectivity index (χ1) is 18.5. The number of rotatable bonds is 8. The second-order valence-corrected chi connectivity index (χ2v) is 10.4. The fraction of sp³-hybridized carbons (Fsp3) is 0.290. The molecule has 4 rings (SSSR count). The van der Waals surface area contributed by atoms with E-state index in [0.717, 1.165) is 11.1 Å². The maximum absolute atomic E-state index is 13.5. The molecule has 1 fully saturated rings. The van der Waals surface area contributed by atoms with E-state index in [1.165, 1.54) is 11.0 Å². The van der Waals surface area contributed by atoms with Gasteiger partial charge in [-0.1, -0.05) is 37.6 Å². The summed E-state index contributed by atoms with van der Waals surface area (Å²) in [5, 5.41) is 22.2. The lowest BCUT2D eigenvalue weighted by Crippen LogP contribution is -2.29. The van der Waals surface area contributed by atoms with Crippen LogP contribution in [0, 0.1) is 19.8 Å². The van der Waals surface area contributed by atoms with Gasteiger partial charge in [0.25, 0.3) is 11.7 Å². The Morgan fingerprint density at radius 2 is 1.72 bits per heavy atom. The molecule has 0 bridgehead atoms. The Balaban J connectivity index is 1.90. The van der Waals surface area contributed by atoms with E-state index in [1.54, 1.807) is 55.5 Å². The molecule has 1 aliphatic heterocycles. The average molecular weight is 550 g/mol. The van der Waals surface area contributed by atoms with Crippen LogP contribution in [0.4, 0.5) is 5.69 Å². The number of halogens is 1. The first kappa shape index (κ1) is 28.0. The van der Waals surface area contributed by atoms with Gasteiger partial charge in [0.05, 0.1) is 24.8 Å². The normalized spacial score (nSPS) is 16.7. The fourth-order valence-corrected chi connectivity index (χ4v) is 4.66. The van der Waals surface area contributed by atoms with Crippen molar-refractivity contribution in [2.45, 2.75) is 40.7 Å². The van der Waals surface area contributed by atoms with E-state index in [4.69, 9.17) is 21.1 Å². The van der Waals surface area contributed by atoms with Crippen LogP contribution in [0.5, 0.6) is 17.2 Å². The number of aliphatic hydroxyl groups excluding tert-OH is 1. The number of amides is 1. The van der Waals surface area contributed by atoms with Crippen molar-refractivity contribution in [1.82, 2.24) is 0 Å². The lowest BCUT2D eigenvalue weighted by atomic mass is 9.94. The highest BCUT2D eigenvalue weighted by atomic mass is 35.5. The summed E-state index contributed by atoms with van der Waals surface area (Å²) in [6.07, 6.45) is 0. The quantitative estimate of drug-likeness (QED) is 0.184. The van der Waals surface area contributed by atoms with Crippen molar-refractivity contribution in [2.24, 2.45) is 5.92 Å². The second kappa shape index (κ2) is 11.4. The molecule has 0 radical (unpaired) electrons. The molecule has 3 aromatic rings. The SMILES string of the molecule is CCOc1cc(C2/C(=C(\O)c3ccc(OCC(C)C)c(C)c3)C(=O)C(=O)N2c2ccc(C)c(Cl)c2)ccc1O. The van der Waals surface area contributed by atoms with Crippen LogP contribution in [0.15, 0.2) is 60.2 Å². The number of hydrogen-bond acceptors (Lipinski definition) is 6. The number of aryl methyl sites for hydroxylation is 2. The summed E-state index contributed by atoms with van der Waals surface area (Å²) >= 11 is 6.38. The molecule has 204 valence electrons. The van der Waals surface area contributed by atoms with E-state index in [1.807, 2.05) is 13.8 Å². The second-order valence-electron chi connectivity index (χ2n) is 9.95. The van der Waals surface area contributed by atoms with E-state index in [0.29, 0.717) is 46.7 Å². The van der Waals surface area contributed by atoms with Gasteiger partial charge in [0.2, 0.25) is 0 Å². The Bertz CT molecular complexity index is 1460. The number of phenols is 1. The molecule has 1 saturated heterocycles. The largest absolute Gasteiger partial charge is 0.507 e. The van der Waals surface area contributed by atoms with Gasteiger partial charge in [0.1, 0.15) is 11.5 Å². The van der Waals surface area contributed by atoms with Gasteiger partial charge in [0, 0.05) is 16.3 Å². The Kier molecular flexibility index (Phi) is 8.21.